The molecule has 0 spiro atoms. The highest BCUT2D eigenvalue weighted by atomic mass is 19.4. The van der Waals surface area contributed by atoms with Crippen LogP contribution in [0.2, 0.25) is 0 Å². The van der Waals surface area contributed by atoms with Gasteiger partial charge in [-0.1, -0.05) is 0 Å². The Kier molecular flexibility index (Phi) is 6.08. The number of carboxylic acid groups (broad SMARTS) is 1. The first-order valence-electron chi connectivity index (χ1n) is 12.2. The molecule has 2 unspecified atom stereocenters. The summed E-state index contributed by atoms with van der Waals surface area (Å²) in [7, 11) is 0. The van der Waals surface area contributed by atoms with Gasteiger partial charge in [-0.2, -0.15) is 13.2 Å². The molecule has 7 rings (SSSR count). The minimum Gasteiger partial charge on any atom is -0.475 e. The van der Waals surface area contributed by atoms with Gasteiger partial charge in [0.1, 0.15) is 5.52 Å². The van der Waals surface area contributed by atoms with Crippen molar-refractivity contribution in [2.24, 2.45) is 17.6 Å². The van der Waals surface area contributed by atoms with Crippen LogP contribution in [0.15, 0.2) is 17.0 Å². The fourth-order valence-corrected chi connectivity index (χ4v) is 6.88. The summed E-state index contributed by atoms with van der Waals surface area (Å²) in [6.07, 6.45) is 4.45. The summed E-state index contributed by atoms with van der Waals surface area (Å²) in [5, 5.41) is 18.1. The van der Waals surface area contributed by atoms with Crippen LogP contribution in [0.5, 0.6) is 0 Å². The molecule has 4 aliphatic carbocycles. The topological polar surface area (TPSA) is 188 Å². The SMILES string of the molecule is CCn1c(-c2nonc2N)nc2cncc(C(=O)NC34C[C@@H]5C[C@@H](CC(N)(C5)C3)C4)c21.O=C(O)C(F)(F)F. The maximum Gasteiger partial charge on any atom is 0.490 e. The summed E-state index contributed by atoms with van der Waals surface area (Å²) in [5.74, 6) is -1.00. The molecule has 4 aliphatic rings. The number of alkyl halides is 3. The molecule has 6 N–H and O–H groups in total. The van der Waals surface area contributed by atoms with Crippen molar-refractivity contribution in [3.05, 3.63) is 18.0 Å². The lowest BCUT2D eigenvalue weighted by atomic mass is 9.50. The molecule has 4 bridgehead atoms. The number of aromatic nitrogens is 5. The number of amides is 1. The molecule has 204 valence electrons. The van der Waals surface area contributed by atoms with Crippen LogP contribution < -0.4 is 16.8 Å². The third-order valence-corrected chi connectivity index (χ3v) is 7.66. The minimum atomic E-state index is -5.08. The van der Waals surface area contributed by atoms with Gasteiger partial charge >= 0.3 is 12.1 Å². The number of anilines is 1. The second kappa shape index (κ2) is 8.92. The number of carboxylic acids is 1. The monoisotopic (exact) mass is 536 g/mol. The average molecular weight is 537 g/mol. The molecule has 12 nitrogen and oxygen atoms in total. The molecule has 38 heavy (non-hydrogen) atoms. The van der Waals surface area contributed by atoms with Crippen molar-refractivity contribution in [1.29, 1.82) is 0 Å². The molecule has 1 amide bonds. The fraction of sp³-hybridized carbons (Fsp3) is 0.565. The Morgan fingerprint density at radius 2 is 1.87 bits per heavy atom. The van der Waals surface area contributed by atoms with Crippen molar-refractivity contribution in [3.8, 4) is 11.5 Å². The zero-order valence-electron chi connectivity index (χ0n) is 20.5. The number of carbonyl (C=O) groups excluding carboxylic acids is 1. The molecule has 0 saturated heterocycles. The summed E-state index contributed by atoms with van der Waals surface area (Å²) in [5.41, 5.74) is 14.4. The number of nitrogens with one attached hydrogen (secondary N) is 1. The normalized spacial score (nSPS) is 27.7. The van der Waals surface area contributed by atoms with Gasteiger partial charge in [-0.25, -0.2) is 14.4 Å². The molecule has 3 heterocycles. The third-order valence-electron chi connectivity index (χ3n) is 7.66. The molecule has 4 saturated carbocycles. The van der Waals surface area contributed by atoms with Crippen molar-refractivity contribution in [2.45, 2.75) is 69.2 Å². The molecule has 0 aliphatic heterocycles. The number of nitrogens with zero attached hydrogens (tertiary/aromatic N) is 5. The number of nitrogens with two attached hydrogens (primary N) is 2. The number of hydrogen-bond acceptors (Lipinski definition) is 9. The maximum absolute atomic E-state index is 13.6. The van der Waals surface area contributed by atoms with Crippen molar-refractivity contribution < 1.29 is 32.5 Å². The van der Waals surface area contributed by atoms with E-state index in [1.54, 1.807) is 12.4 Å². The Morgan fingerprint density at radius 1 is 1.21 bits per heavy atom. The number of imidazole rings is 1. The van der Waals surface area contributed by atoms with Gasteiger partial charge in [0.25, 0.3) is 5.91 Å². The average Bonchev–Trinajstić information content (AvgIpc) is 3.39. The standard InChI is InChI=1S/C21H26N8O2.C2HF3O2/c1-2-29-16-13(8-24-9-14(16)25-18(29)15-17(22)28-31-27-15)19(30)26-21-6-11-3-12(7-21)5-20(23,4-11)10-21;3-2(4,5)1(6)7/h8-9,11-12H,2-7,10,23H2,1H3,(H2,22,28)(H,26,30);(H,6,7)/t11-,12+,20?,21?;. The van der Waals surface area contributed by atoms with E-state index < -0.39 is 12.1 Å². The maximum atomic E-state index is 13.6. The van der Waals surface area contributed by atoms with E-state index >= 15 is 0 Å². The van der Waals surface area contributed by atoms with E-state index in [4.69, 9.17) is 26.0 Å². The van der Waals surface area contributed by atoms with Gasteiger partial charge in [0, 0.05) is 23.8 Å². The largest absolute Gasteiger partial charge is 0.490 e. The predicted octanol–water partition coefficient (Wildman–Crippen LogP) is 2.50. The molecular weight excluding hydrogens is 509 g/mol. The number of pyridine rings is 1. The van der Waals surface area contributed by atoms with Crippen LogP contribution in [0.4, 0.5) is 19.0 Å². The predicted molar refractivity (Wildman–Crippen MR) is 126 cm³/mol. The van der Waals surface area contributed by atoms with E-state index in [1.165, 1.54) is 6.42 Å². The van der Waals surface area contributed by atoms with Gasteiger partial charge in [0.15, 0.2) is 17.3 Å². The van der Waals surface area contributed by atoms with Crippen LogP contribution in [-0.4, -0.2) is 59.1 Å². The Hall–Kier alpha value is -3.75. The quantitative estimate of drug-likeness (QED) is 0.386. The van der Waals surface area contributed by atoms with Crippen molar-refractivity contribution in [1.82, 2.24) is 30.2 Å². The molecule has 3 aromatic rings. The summed E-state index contributed by atoms with van der Waals surface area (Å²) in [6, 6.07) is 0. The van der Waals surface area contributed by atoms with Crippen LogP contribution in [0.25, 0.3) is 22.6 Å². The number of halogens is 3. The van der Waals surface area contributed by atoms with Crippen LogP contribution in [-0.2, 0) is 11.3 Å². The molecule has 15 heteroatoms. The van der Waals surface area contributed by atoms with Crippen molar-refractivity contribution in [3.63, 3.8) is 0 Å². The molecule has 0 radical (unpaired) electrons. The first-order valence-corrected chi connectivity index (χ1v) is 12.2. The number of nitrogen functional groups attached to an aromatic ring is 1. The lowest BCUT2D eigenvalue weighted by Crippen LogP contribution is -2.68. The smallest absolute Gasteiger partial charge is 0.475 e. The van der Waals surface area contributed by atoms with Crippen LogP contribution in [0, 0.1) is 11.8 Å². The molecular formula is C23H27F3N8O4. The first-order chi connectivity index (χ1) is 17.8. The van der Waals surface area contributed by atoms with Gasteiger partial charge in [0.2, 0.25) is 0 Å². The van der Waals surface area contributed by atoms with E-state index in [0.29, 0.717) is 46.5 Å². The molecule has 3 aromatic heterocycles. The second-order valence-corrected chi connectivity index (χ2v) is 10.6. The molecule has 0 aromatic carbocycles. The summed E-state index contributed by atoms with van der Waals surface area (Å²) >= 11 is 0. The Balaban J connectivity index is 0.000000374. The van der Waals surface area contributed by atoms with Gasteiger partial charge in [-0.15, -0.1) is 0 Å². The third kappa shape index (κ3) is 4.54. The van der Waals surface area contributed by atoms with Gasteiger partial charge in [0.05, 0.1) is 17.3 Å². The van der Waals surface area contributed by atoms with E-state index in [0.717, 1.165) is 32.1 Å². The summed E-state index contributed by atoms with van der Waals surface area (Å²) < 4.78 is 38.4. The number of hydrogen-bond donors (Lipinski definition) is 4. The highest BCUT2D eigenvalue weighted by Crippen LogP contribution is 2.56. The van der Waals surface area contributed by atoms with E-state index in [2.05, 4.69) is 25.6 Å². The minimum absolute atomic E-state index is 0.129. The zero-order valence-corrected chi connectivity index (χ0v) is 20.5. The number of aliphatic carboxylic acids is 1. The Morgan fingerprint density at radius 3 is 2.39 bits per heavy atom. The van der Waals surface area contributed by atoms with Crippen molar-refractivity contribution >= 4 is 28.7 Å². The zero-order chi connectivity index (χ0) is 27.5. The number of rotatable bonds is 4. The van der Waals surface area contributed by atoms with E-state index in [-0.39, 0.29) is 22.8 Å². The highest BCUT2D eigenvalue weighted by molar-refractivity contribution is 6.05. The van der Waals surface area contributed by atoms with Crippen molar-refractivity contribution in [2.75, 3.05) is 5.73 Å². The lowest BCUT2D eigenvalue weighted by molar-refractivity contribution is -0.192. The van der Waals surface area contributed by atoms with Gasteiger partial charge in [-0.05, 0) is 67.6 Å². The van der Waals surface area contributed by atoms with Gasteiger partial charge < -0.3 is 26.5 Å². The van der Waals surface area contributed by atoms with Crippen LogP contribution in [0.3, 0.4) is 0 Å². The van der Waals surface area contributed by atoms with Crippen LogP contribution >= 0.6 is 0 Å². The first kappa shape index (κ1) is 25.9. The fourth-order valence-electron chi connectivity index (χ4n) is 6.88. The highest BCUT2D eigenvalue weighted by Gasteiger charge is 2.56. The molecule has 4 atom stereocenters. The van der Waals surface area contributed by atoms with Gasteiger partial charge in [-0.3, -0.25) is 9.78 Å². The van der Waals surface area contributed by atoms with Crippen LogP contribution in [0.1, 0.15) is 55.8 Å². The Labute approximate surface area is 213 Å². The second-order valence-electron chi connectivity index (χ2n) is 10.6. The summed E-state index contributed by atoms with van der Waals surface area (Å²) in [6.45, 7) is 2.55. The summed E-state index contributed by atoms with van der Waals surface area (Å²) in [4.78, 5) is 31.4. The Bertz CT molecular complexity index is 1390. The van der Waals surface area contributed by atoms with E-state index in [1.807, 2.05) is 11.5 Å². The number of fused-ring (bicyclic) bond motifs is 1. The lowest BCUT2D eigenvalue weighted by Gasteiger charge is -2.61. The number of carbonyl (C=O) groups is 2. The molecule has 4 fully saturated rings. The van der Waals surface area contributed by atoms with E-state index in [9.17, 15) is 18.0 Å². The number of aryl methyl sites for hydroxylation is 1.